The predicted octanol–water partition coefficient (Wildman–Crippen LogP) is 3.87. The molecule has 5 rings (SSSR count). The van der Waals surface area contributed by atoms with Gasteiger partial charge in [-0.25, -0.2) is 9.98 Å². The summed E-state index contributed by atoms with van der Waals surface area (Å²) in [5.41, 5.74) is 2.59. The Morgan fingerprint density at radius 1 is 0.857 bits per heavy atom. The summed E-state index contributed by atoms with van der Waals surface area (Å²) in [6, 6.07) is 22.4. The number of nitrogens with zero attached hydrogens (tertiary/aromatic N) is 2. The van der Waals surface area contributed by atoms with Gasteiger partial charge in [0.05, 0.1) is 5.69 Å². The largest absolute Gasteiger partial charge is 0.358 e. The van der Waals surface area contributed by atoms with Crippen LogP contribution in [0.25, 0.3) is 0 Å². The van der Waals surface area contributed by atoms with E-state index >= 15 is 0 Å². The van der Waals surface area contributed by atoms with E-state index in [0.29, 0.717) is 22.6 Å². The van der Waals surface area contributed by atoms with Crippen molar-refractivity contribution in [3.05, 3.63) is 95.1 Å². The van der Waals surface area contributed by atoms with Gasteiger partial charge in [0.2, 0.25) is 5.78 Å². The molecule has 0 bridgehead atoms. The highest BCUT2D eigenvalue weighted by molar-refractivity contribution is 6.35. The number of anilines is 1. The molecule has 1 atom stereocenters. The number of Topliss-reactive ketones (excluding diaryl/α,β-unsaturated/α-hetero) is 1. The van der Waals surface area contributed by atoms with Crippen LogP contribution in [-0.2, 0) is 0 Å². The van der Waals surface area contributed by atoms with Gasteiger partial charge in [0, 0.05) is 22.4 Å². The van der Waals surface area contributed by atoms with Crippen LogP contribution in [0.15, 0.2) is 82.8 Å². The molecule has 0 fully saturated rings. The first kappa shape index (κ1) is 16.6. The minimum Gasteiger partial charge on any atom is -0.358 e. The Labute approximate surface area is 162 Å². The van der Waals surface area contributed by atoms with Crippen molar-refractivity contribution in [1.82, 2.24) is 0 Å². The SMILES string of the molecule is Cc1ccc(NC2=NC3(O)C(=O)c4ccccc4C3=Nc3ccccc32)cc1. The molecular weight excluding hydrogens is 350 g/mol. The number of ketones is 1. The second-order valence-electron chi connectivity index (χ2n) is 6.98. The Kier molecular flexibility index (Phi) is 3.54. The molecule has 0 radical (unpaired) electrons. The van der Waals surface area contributed by atoms with Crippen LogP contribution in [-0.4, -0.2) is 28.2 Å². The highest BCUT2D eigenvalue weighted by Gasteiger charge is 2.51. The smallest absolute Gasteiger partial charge is 0.267 e. The number of aryl methyl sites for hydroxylation is 1. The van der Waals surface area contributed by atoms with Crippen LogP contribution in [0, 0.1) is 6.92 Å². The molecular formula is C23H17N3O2. The van der Waals surface area contributed by atoms with Crippen LogP contribution >= 0.6 is 0 Å². The van der Waals surface area contributed by atoms with Gasteiger partial charge >= 0.3 is 0 Å². The van der Waals surface area contributed by atoms with Gasteiger partial charge in [-0.05, 0) is 31.2 Å². The van der Waals surface area contributed by atoms with Gasteiger partial charge < -0.3 is 10.4 Å². The fourth-order valence-corrected chi connectivity index (χ4v) is 3.60. The Balaban J connectivity index is 1.72. The Bertz CT molecular complexity index is 1180. The summed E-state index contributed by atoms with van der Waals surface area (Å²) in [7, 11) is 0. The van der Waals surface area contributed by atoms with Gasteiger partial charge in [-0.3, -0.25) is 4.79 Å². The number of rotatable bonds is 1. The molecule has 5 nitrogen and oxygen atoms in total. The van der Waals surface area contributed by atoms with E-state index in [1.807, 2.05) is 61.5 Å². The van der Waals surface area contributed by atoms with E-state index in [4.69, 9.17) is 0 Å². The summed E-state index contributed by atoms with van der Waals surface area (Å²) in [6.07, 6.45) is 0. The van der Waals surface area contributed by atoms with Crippen molar-refractivity contribution in [1.29, 1.82) is 0 Å². The molecule has 136 valence electrons. The molecule has 5 heteroatoms. The number of nitrogens with one attached hydrogen (secondary N) is 1. The van der Waals surface area contributed by atoms with E-state index in [2.05, 4.69) is 15.3 Å². The molecule has 0 spiro atoms. The summed E-state index contributed by atoms with van der Waals surface area (Å²) >= 11 is 0. The lowest BCUT2D eigenvalue weighted by atomic mass is 10.1. The zero-order chi connectivity index (χ0) is 19.3. The first-order valence-corrected chi connectivity index (χ1v) is 9.05. The summed E-state index contributed by atoms with van der Waals surface area (Å²) < 4.78 is 0. The molecule has 0 saturated heterocycles. The lowest BCUT2D eigenvalue weighted by Gasteiger charge is -2.18. The van der Waals surface area contributed by atoms with Crippen molar-refractivity contribution in [2.75, 3.05) is 5.32 Å². The molecule has 3 aromatic carbocycles. The Morgan fingerprint density at radius 3 is 2.25 bits per heavy atom. The molecule has 0 aromatic heterocycles. The van der Waals surface area contributed by atoms with E-state index in [-0.39, 0.29) is 5.71 Å². The normalized spacial score (nSPS) is 19.7. The molecule has 2 aliphatic rings. The van der Waals surface area contributed by atoms with Crippen molar-refractivity contribution in [2.45, 2.75) is 12.6 Å². The second-order valence-corrected chi connectivity index (χ2v) is 6.98. The summed E-state index contributed by atoms with van der Waals surface area (Å²) in [5.74, 6) is -0.0558. The summed E-state index contributed by atoms with van der Waals surface area (Å²) in [5, 5.41) is 14.6. The summed E-state index contributed by atoms with van der Waals surface area (Å²) in [6.45, 7) is 2.01. The lowest BCUT2D eigenvalue weighted by Crippen LogP contribution is -2.40. The highest BCUT2D eigenvalue weighted by atomic mass is 16.3. The van der Waals surface area contributed by atoms with Crippen LogP contribution in [0.2, 0.25) is 0 Å². The molecule has 3 aromatic rings. The van der Waals surface area contributed by atoms with Crippen molar-refractivity contribution in [3.63, 3.8) is 0 Å². The number of carbonyl (C=O) groups excluding carboxylic acids is 1. The minimum atomic E-state index is -2.05. The molecule has 1 aliphatic heterocycles. The standard InChI is InChI=1S/C23H17N3O2/c1-14-10-12-15(13-11-14)24-22-18-8-4-5-9-19(18)25-20-16-6-2-3-7-17(16)21(27)23(20,28)26-22/h2-13,28H,1H3,(H,24,26). The number of benzene rings is 3. The quantitative estimate of drug-likeness (QED) is 0.686. The van der Waals surface area contributed by atoms with Crippen molar-refractivity contribution < 1.29 is 9.90 Å². The molecule has 1 heterocycles. The predicted molar refractivity (Wildman–Crippen MR) is 110 cm³/mol. The molecule has 28 heavy (non-hydrogen) atoms. The van der Waals surface area contributed by atoms with E-state index in [0.717, 1.165) is 16.8 Å². The van der Waals surface area contributed by atoms with E-state index in [1.54, 1.807) is 18.2 Å². The van der Waals surface area contributed by atoms with Crippen molar-refractivity contribution in [2.24, 2.45) is 9.98 Å². The summed E-state index contributed by atoms with van der Waals surface area (Å²) in [4.78, 5) is 22.2. The van der Waals surface area contributed by atoms with Crippen LogP contribution in [0.4, 0.5) is 11.4 Å². The van der Waals surface area contributed by atoms with Gasteiger partial charge in [0.1, 0.15) is 11.5 Å². The third-order valence-corrected chi connectivity index (χ3v) is 5.05. The number of fused-ring (bicyclic) bond motifs is 4. The number of hydrogen-bond acceptors (Lipinski definition) is 5. The van der Waals surface area contributed by atoms with Crippen molar-refractivity contribution >= 4 is 28.7 Å². The van der Waals surface area contributed by atoms with Gasteiger partial charge in [-0.15, -0.1) is 0 Å². The number of amidine groups is 1. The third-order valence-electron chi connectivity index (χ3n) is 5.05. The fraction of sp³-hybridized carbons (Fsp3) is 0.0870. The van der Waals surface area contributed by atoms with Crippen LogP contribution < -0.4 is 5.32 Å². The maximum Gasteiger partial charge on any atom is 0.267 e. The number of hydrogen-bond donors (Lipinski definition) is 2. The number of aliphatic hydroxyl groups is 1. The second kappa shape index (κ2) is 5.97. The monoisotopic (exact) mass is 367 g/mol. The fourth-order valence-electron chi connectivity index (χ4n) is 3.60. The first-order chi connectivity index (χ1) is 13.6. The van der Waals surface area contributed by atoms with Crippen LogP contribution in [0.3, 0.4) is 0 Å². The lowest BCUT2D eigenvalue weighted by molar-refractivity contribution is 0.0646. The maximum atomic E-state index is 13.0. The molecule has 1 unspecified atom stereocenters. The van der Waals surface area contributed by atoms with Crippen LogP contribution in [0.5, 0.6) is 0 Å². The van der Waals surface area contributed by atoms with Gasteiger partial charge in [0.15, 0.2) is 0 Å². The third kappa shape index (κ3) is 2.41. The highest BCUT2D eigenvalue weighted by Crippen LogP contribution is 2.37. The molecule has 1 aliphatic carbocycles. The first-order valence-electron chi connectivity index (χ1n) is 9.05. The average Bonchev–Trinajstić information content (AvgIpc) is 2.84. The minimum absolute atomic E-state index is 0.265. The van der Waals surface area contributed by atoms with Gasteiger partial charge in [0.25, 0.3) is 5.72 Å². The van der Waals surface area contributed by atoms with Crippen molar-refractivity contribution in [3.8, 4) is 0 Å². The Morgan fingerprint density at radius 2 is 1.50 bits per heavy atom. The van der Waals surface area contributed by atoms with E-state index in [1.165, 1.54) is 0 Å². The topological polar surface area (TPSA) is 74.1 Å². The number of para-hydroxylation sites is 1. The molecule has 0 saturated carbocycles. The van der Waals surface area contributed by atoms with Gasteiger partial charge in [-0.2, -0.15) is 0 Å². The Hall–Kier alpha value is -3.57. The zero-order valence-corrected chi connectivity index (χ0v) is 15.2. The van der Waals surface area contributed by atoms with Gasteiger partial charge in [-0.1, -0.05) is 54.1 Å². The van der Waals surface area contributed by atoms with Crippen LogP contribution in [0.1, 0.15) is 27.0 Å². The number of aliphatic imine (C=N–C) groups is 2. The number of carbonyl (C=O) groups is 1. The molecule has 0 amide bonds. The zero-order valence-electron chi connectivity index (χ0n) is 15.2. The average molecular weight is 367 g/mol. The maximum absolute atomic E-state index is 13.0. The molecule has 2 N–H and O–H groups in total. The van der Waals surface area contributed by atoms with E-state index in [9.17, 15) is 9.90 Å². The van der Waals surface area contributed by atoms with E-state index < -0.39 is 11.5 Å².